The number of hydrogen-bond acceptors (Lipinski definition) is 3. The van der Waals surface area contributed by atoms with Gasteiger partial charge >= 0.3 is 0 Å². The van der Waals surface area contributed by atoms with E-state index in [4.69, 9.17) is 0 Å². The minimum absolute atomic E-state index is 0.100. The first-order chi connectivity index (χ1) is 11.2. The van der Waals surface area contributed by atoms with Crippen LogP contribution in [0.3, 0.4) is 0 Å². The molecule has 0 radical (unpaired) electrons. The van der Waals surface area contributed by atoms with Crippen molar-refractivity contribution in [1.29, 1.82) is 0 Å². The zero-order valence-corrected chi connectivity index (χ0v) is 14.1. The second-order valence-corrected chi connectivity index (χ2v) is 7.27. The molecule has 1 aromatic carbocycles. The fraction of sp³-hybridized carbons (Fsp3) is 0.421. The van der Waals surface area contributed by atoms with Crippen LogP contribution in [0.5, 0.6) is 0 Å². The highest BCUT2D eigenvalue weighted by atomic mass is 32.1. The predicted octanol–water partition coefficient (Wildman–Crippen LogP) is 3.60. The van der Waals surface area contributed by atoms with Crippen molar-refractivity contribution in [3.63, 3.8) is 0 Å². The molecule has 3 nitrogen and oxygen atoms in total. The number of aliphatic hydroxyl groups is 1. The number of likely N-dealkylation sites (tertiary alicyclic amines) is 1. The molecule has 1 atom stereocenters. The average Bonchev–Trinajstić information content (AvgIpc) is 3.15. The quantitative estimate of drug-likeness (QED) is 0.910. The summed E-state index contributed by atoms with van der Waals surface area (Å²) in [6.07, 6.45) is 3.82. The number of aliphatic hydroxyl groups excluding tert-OH is 1. The lowest BCUT2D eigenvalue weighted by Crippen LogP contribution is -2.48. The SMILES string of the molecule is O=C(c1ccsc1)N1CCCC(CO)(CCc2ccccc2)C1. The van der Waals surface area contributed by atoms with Crippen LogP contribution in [0.1, 0.15) is 35.2 Å². The number of hydrogen-bond donors (Lipinski definition) is 1. The topological polar surface area (TPSA) is 40.5 Å². The van der Waals surface area contributed by atoms with Gasteiger partial charge in [-0.3, -0.25) is 4.79 Å². The van der Waals surface area contributed by atoms with Crippen molar-refractivity contribution in [2.24, 2.45) is 5.41 Å². The molecule has 2 aromatic rings. The van der Waals surface area contributed by atoms with E-state index in [9.17, 15) is 9.90 Å². The Bertz CT molecular complexity index is 626. The van der Waals surface area contributed by atoms with Gasteiger partial charge in [-0.05, 0) is 42.7 Å². The standard InChI is InChI=1S/C19H23NO2S/c21-15-19(10-7-16-5-2-1-3-6-16)9-4-11-20(14-19)18(22)17-8-12-23-13-17/h1-3,5-6,8,12-13,21H,4,7,9-11,14-15H2. The molecule has 1 saturated heterocycles. The van der Waals surface area contributed by atoms with Gasteiger partial charge in [-0.15, -0.1) is 0 Å². The first-order valence-electron chi connectivity index (χ1n) is 8.19. The van der Waals surface area contributed by atoms with Crippen LogP contribution in [0, 0.1) is 5.41 Å². The van der Waals surface area contributed by atoms with Gasteiger partial charge in [0.05, 0.1) is 12.2 Å². The number of amides is 1. The van der Waals surface area contributed by atoms with Crippen molar-refractivity contribution in [1.82, 2.24) is 4.90 Å². The Kier molecular flexibility index (Phi) is 5.13. The van der Waals surface area contributed by atoms with E-state index in [0.29, 0.717) is 6.54 Å². The molecule has 1 amide bonds. The van der Waals surface area contributed by atoms with Crippen molar-refractivity contribution >= 4 is 17.2 Å². The highest BCUT2D eigenvalue weighted by molar-refractivity contribution is 7.08. The normalized spacial score (nSPS) is 21.3. The molecule has 2 heterocycles. The maximum absolute atomic E-state index is 12.6. The summed E-state index contributed by atoms with van der Waals surface area (Å²) in [6.45, 7) is 1.60. The molecule has 4 heteroatoms. The van der Waals surface area contributed by atoms with Crippen LogP contribution in [0.25, 0.3) is 0 Å². The number of thiophene rings is 1. The van der Waals surface area contributed by atoms with E-state index in [1.807, 2.05) is 39.9 Å². The van der Waals surface area contributed by atoms with Gasteiger partial charge in [0.1, 0.15) is 0 Å². The molecule has 1 aliphatic rings. The van der Waals surface area contributed by atoms with Crippen LogP contribution in [0.4, 0.5) is 0 Å². The number of piperidine rings is 1. The molecular weight excluding hydrogens is 306 g/mol. The van der Waals surface area contributed by atoms with Crippen LogP contribution >= 0.6 is 11.3 Å². The Hall–Kier alpha value is -1.65. The van der Waals surface area contributed by atoms with Crippen LogP contribution in [0.2, 0.25) is 0 Å². The second kappa shape index (κ2) is 7.28. The van der Waals surface area contributed by atoms with Gasteiger partial charge in [0.25, 0.3) is 5.91 Å². The molecule has 1 aromatic heterocycles. The number of nitrogens with zero attached hydrogens (tertiary/aromatic N) is 1. The Morgan fingerprint density at radius 3 is 2.78 bits per heavy atom. The largest absolute Gasteiger partial charge is 0.396 e. The van der Waals surface area contributed by atoms with Crippen LogP contribution in [-0.4, -0.2) is 35.6 Å². The zero-order chi connectivity index (χ0) is 16.1. The van der Waals surface area contributed by atoms with E-state index in [1.165, 1.54) is 5.56 Å². The first kappa shape index (κ1) is 16.2. The first-order valence-corrected chi connectivity index (χ1v) is 9.13. The van der Waals surface area contributed by atoms with Crippen LogP contribution in [0.15, 0.2) is 47.2 Å². The Balaban J connectivity index is 1.67. The maximum Gasteiger partial charge on any atom is 0.254 e. The summed E-state index contributed by atoms with van der Waals surface area (Å²) < 4.78 is 0. The van der Waals surface area contributed by atoms with Gasteiger partial charge in [0, 0.05) is 23.9 Å². The molecule has 0 saturated carbocycles. The highest BCUT2D eigenvalue weighted by Gasteiger charge is 2.36. The summed E-state index contributed by atoms with van der Waals surface area (Å²) in [5.74, 6) is 0.100. The number of aryl methyl sites for hydroxylation is 1. The van der Waals surface area contributed by atoms with Gasteiger partial charge in [-0.1, -0.05) is 30.3 Å². The van der Waals surface area contributed by atoms with Gasteiger partial charge in [0.2, 0.25) is 0 Å². The number of rotatable bonds is 5. The van der Waals surface area contributed by atoms with E-state index in [-0.39, 0.29) is 17.9 Å². The average molecular weight is 329 g/mol. The van der Waals surface area contributed by atoms with Gasteiger partial charge in [0.15, 0.2) is 0 Å². The smallest absolute Gasteiger partial charge is 0.254 e. The van der Waals surface area contributed by atoms with Gasteiger partial charge in [-0.2, -0.15) is 11.3 Å². The minimum Gasteiger partial charge on any atom is -0.396 e. The molecule has 1 aliphatic heterocycles. The fourth-order valence-corrected chi connectivity index (χ4v) is 4.05. The summed E-state index contributed by atoms with van der Waals surface area (Å²) in [4.78, 5) is 14.5. The van der Waals surface area contributed by atoms with E-state index in [0.717, 1.165) is 37.8 Å². The lowest BCUT2D eigenvalue weighted by molar-refractivity contribution is 0.0228. The van der Waals surface area contributed by atoms with Crippen molar-refractivity contribution < 1.29 is 9.90 Å². The molecule has 0 spiro atoms. The second-order valence-electron chi connectivity index (χ2n) is 6.49. The van der Waals surface area contributed by atoms with Gasteiger partial charge < -0.3 is 10.0 Å². The maximum atomic E-state index is 12.6. The van der Waals surface area contributed by atoms with E-state index in [1.54, 1.807) is 11.3 Å². The zero-order valence-electron chi connectivity index (χ0n) is 13.3. The van der Waals surface area contributed by atoms with Crippen molar-refractivity contribution in [3.05, 3.63) is 58.3 Å². The molecule has 1 fully saturated rings. The van der Waals surface area contributed by atoms with E-state index < -0.39 is 0 Å². The predicted molar refractivity (Wildman–Crippen MR) is 93.7 cm³/mol. The van der Waals surface area contributed by atoms with E-state index >= 15 is 0 Å². The number of benzene rings is 1. The van der Waals surface area contributed by atoms with E-state index in [2.05, 4.69) is 12.1 Å². The number of carbonyl (C=O) groups excluding carboxylic acids is 1. The summed E-state index contributed by atoms with van der Waals surface area (Å²) in [5, 5.41) is 13.9. The monoisotopic (exact) mass is 329 g/mol. The Labute approximate surface area is 141 Å². The summed E-state index contributed by atoms with van der Waals surface area (Å²) >= 11 is 1.55. The fourth-order valence-electron chi connectivity index (χ4n) is 3.42. The molecule has 0 aliphatic carbocycles. The third kappa shape index (κ3) is 3.82. The van der Waals surface area contributed by atoms with Crippen LogP contribution < -0.4 is 0 Å². The summed E-state index contributed by atoms with van der Waals surface area (Å²) in [7, 11) is 0. The van der Waals surface area contributed by atoms with Gasteiger partial charge in [-0.25, -0.2) is 0 Å². The molecule has 1 unspecified atom stereocenters. The van der Waals surface area contributed by atoms with Crippen molar-refractivity contribution in [2.75, 3.05) is 19.7 Å². The molecule has 122 valence electrons. The molecule has 3 rings (SSSR count). The lowest BCUT2D eigenvalue weighted by Gasteiger charge is -2.42. The van der Waals surface area contributed by atoms with Crippen LogP contribution in [-0.2, 0) is 6.42 Å². The van der Waals surface area contributed by atoms with Crippen molar-refractivity contribution in [3.8, 4) is 0 Å². The minimum atomic E-state index is -0.167. The Morgan fingerprint density at radius 2 is 2.09 bits per heavy atom. The summed E-state index contributed by atoms with van der Waals surface area (Å²) in [6, 6.07) is 12.3. The third-order valence-electron chi connectivity index (χ3n) is 4.84. The highest BCUT2D eigenvalue weighted by Crippen LogP contribution is 2.35. The molecular formula is C19H23NO2S. The molecule has 1 N–H and O–H groups in total. The summed E-state index contributed by atoms with van der Waals surface area (Å²) in [5.41, 5.74) is 1.90. The third-order valence-corrected chi connectivity index (χ3v) is 5.52. The number of carbonyl (C=O) groups is 1. The molecule has 23 heavy (non-hydrogen) atoms. The molecule has 0 bridgehead atoms. The van der Waals surface area contributed by atoms with Crippen molar-refractivity contribution in [2.45, 2.75) is 25.7 Å². The Morgan fingerprint density at radius 1 is 1.26 bits per heavy atom. The lowest BCUT2D eigenvalue weighted by atomic mass is 9.76.